The van der Waals surface area contributed by atoms with E-state index in [1.807, 2.05) is 13.8 Å². The summed E-state index contributed by atoms with van der Waals surface area (Å²) in [5.41, 5.74) is 7.59. The Morgan fingerprint density at radius 2 is 2.22 bits per heavy atom. The maximum absolute atomic E-state index is 10.8. The number of rotatable bonds is 5. The van der Waals surface area contributed by atoms with Gasteiger partial charge in [0.2, 0.25) is 0 Å². The number of amides is 1. The lowest BCUT2D eigenvalue weighted by Gasteiger charge is -2.34. The number of nitrogens with two attached hydrogens (primary N) is 1. The average molecular weight is 259 g/mol. The molecule has 0 spiro atoms. The van der Waals surface area contributed by atoms with Gasteiger partial charge in [-0.25, -0.2) is 4.79 Å². The molecular formula is C12H25N3O3. The summed E-state index contributed by atoms with van der Waals surface area (Å²) >= 11 is 0. The molecule has 0 saturated carbocycles. The van der Waals surface area contributed by atoms with E-state index in [1.54, 1.807) is 5.01 Å². The fraction of sp³-hybridized carbons (Fsp3) is 0.917. The van der Waals surface area contributed by atoms with Crippen LogP contribution in [0.2, 0.25) is 0 Å². The molecule has 0 aromatic heterocycles. The van der Waals surface area contributed by atoms with Crippen LogP contribution in [0.15, 0.2) is 0 Å². The van der Waals surface area contributed by atoms with Crippen LogP contribution in [0.3, 0.4) is 0 Å². The summed E-state index contributed by atoms with van der Waals surface area (Å²) in [4.78, 5) is 10.8. The number of hydrogen-bond donors (Lipinski definition) is 3. The van der Waals surface area contributed by atoms with E-state index in [0.29, 0.717) is 25.0 Å². The van der Waals surface area contributed by atoms with Gasteiger partial charge in [0.25, 0.3) is 0 Å². The van der Waals surface area contributed by atoms with Crippen molar-refractivity contribution >= 4 is 6.09 Å². The van der Waals surface area contributed by atoms with Crippen LogP contribution in [0.4, 0.5) is 4.79 Å². The summed E-state index contributed by atoms with van der Waals surface area (Å²) in [7, 11) is 0. The number of hydrazine groups is 1. The van der Waals surface area contributed by atoms with Crippen molar-refractivity contribution in [2.75, 3.05) is 13.2 Å². The lowest BCUT2D eigenvalue weighted by atomic mass is 9.89. The maximum atomic E-state index is 10.8. The van der Waals surface area contributed by atoms with Crippen molar-refractivity contribution in [3.8, 4) is 0 Å². The summed E-state index contributed by atoms with van der Waals surface area (Å²) in [6, 6.07) is 0.0343. The average Bonchev–Trinajstić information content (AvgIpc) is 2.51. The molecule has 0 aliphatic carbocycles. The SMILES string of the molecule is CC(C)[C@@H](CN)C[C@H]1COC(C)(C)N1NC(=O)O. The Labute approximate surface area is 108 Å². The van der Waals surface area contributed by atoms with Gasteiger partial charge in [-0.1, -0.05) is 13.8 Å². The first-order chi connectivity index (χ1) is 8.27. The van der Waals surface area contributed by atoms with Crippen LogP contribution in [0.1, 0.15) is 34.1 Å². The van der Waals surface area contributed by atoms with Gasteiger partial charge in [-0.3, -0.25) is 5.43 Å². The first kappa shape index (κ1) is 15.2. The minimum Gasteiger partial charge on any atom is -0.464 e. The Balaban J connectivity index is 2.72. The zero-order valence-corrected chi connectivity index (χ0v) is 11.6. The molecule has 2 atom stereocenters. The number of nitrogens with zero attached hydrogens (tertiary/aromatic N) is 1. The van der Waals surface area contributed by atoms with E-state index < -0.39 is 11.8 Å². The monoisotopic (exact) mass is 259 g/mol. The molecule has 6 heteroatoms. The van der Waals surface area contributed by atoms with E-state index >= 15 is 0 Å². The highest BCUT2D eigenvalue weighted by molar-refractivity contribution is 5.63. The lowest BCUT2D eigenvalue weighted by molar-refractivity contribution is -0.0753. The van der Waals surface area contributed by atoms with Gasteiger partial charge >= 0.3 is 6.09 Å². The molecule has 1 fully saturated rings. The molecule has 1 amide bonds. The third-order valence-corrected chi connectivity index (χ3v) is 3.61. The van der Waals surface area contributed by atoms with Gasteiger partial charge in [-0.15, -0.1) is 0 Å². The fourth-order valence-electron chi connectivity index (χ4n) is 2.38. The van der Waals surface area contributed by atoms with Gasteiger partial charge < -0.3 is 15.6 Å². The number of nitrogens with one attached hydrogen (secondary N) is 1. The van der Waals surface area contributed by atoms with Gasteiger partial charge in [-0.2, -0.15) is 5.01 Å². The fourth-order valence-corrected chi connectivity index (χ4v) is 2.38. The zero-order valence-electron chi connectivity index (χ0n) is 11.6. The molecule has 1 rings (SSSR count). The van der Waals surface area contributed by atoms with Crippen LogP contribution in [0.25, 0.3) is 0 Å². The van der Waals surface area contributed by atoms with Crippen molar-refractivity contribution in [3.63, 3.8) is 0 Å². The van der Waals surface area contributed by atoms with E-state index in [9.17, 15) is 4.79 Å². The molecule has 1 aliphatic rings. The molecule has 106 valence electrons. The lowest BCUT2D eigenvalue weighted by Crippen LogP contribution is -2.54. The van der Waals surface area contributed by atoms with Crippen molar-refractivity contribution in [3.05, 3.63) is 0 Å². The van der Waals surface area contributed by atoms with Gasteiger partial charge in [0.1, 0.15) is 5.72 Å². The Hall–Kier alpha value is -0.850. The molecule has 0 aromatic carbocycles. The Kier molecular flexibility index (Phi) is 4.95. The highest BCUT2D eigenvalue weighted by Gasteiger charge is 2.42. The molecule has 6 nitrogen and oxygen atoms in total. The summed E-state index contributed by atoms with van der Waals surface area (Å²) < 4.78 is 5.65. The van der Waals surface area contributed by atoms with Crippen LogP contribution in [-0.4, -0.2) is 41.1 Å². The van der Waals surface area contributed by atoms with E-state index in [1.165, 1.54) is 0 Å². The second-order valence-electron chi connectivity index (χ2n) is 5.67. The van der Waals surface area contributed by atoms with Crippen molar-refractivity contribution in [1.29, 1.82) is 0 Å². The number of carboxylic acid groups (broad SMARTS) is 1. The first-order valence-electron chi connectivity index (χ1n) is 6.41. The predicted molar refractivity (Wildman–Crippen MR) is 68.8 cm³/mol. The predicted octanol–water partition coefficient (Wildman–Crippen LogP) is 1.23. The van der Waals surface area contributed by atoms with Crippen molar-refractivity contribution in [1.82, 2.24) is 10.4 Å². The van der Waals surface area contributed by atoms with Gasteiger partial charge in [-0.05, 0) is 38.6 Å². The van der Waals surface area contributed by atoms with E-state index in [2.05, 4.69) is 19.3 Å². The molecule has 0 bridgehead atoms. The number of carbonyl (C=O) groups is 1. The highest BCUT2D eigenvalue weighted by Crippen LogP contribution is 2.30. The van der Waals surface area contributed by atoms with Crippen molar-refractivity contribution in [2.24, 2.45) is 17.6 Å². The van der Waals surface area contributed by atoms with Crippen LogP contribution in [0, 0.1) is 11.8 Å². The largest absolute Gasteiger partial charge is 0.464 e. The van der Waals surface area contributed by atoms with Crippen LogP contribution < -0.4 is 11.2 Å². The van der Waals surface area contributed by atoms with Crippen molar-refractivity contribution < 1.29 is 14.6 Å². The number of hydrogen-bond acceptors (Lipinski definition) is 4. The summed E-state index contributed by atoms with van der Waals surface area (Å²) in [6.45, 7) is 9.11. The molecular weight excluding hydrogens is 234 g/mol. The van der Waals surface area contributed by atoms with Crippen LogP contribution >= 0.6 is 0 Å². The van der Waals surface area contributed by atoms with E-state index in [0.717, 1.165) is 6.42 Å². The third kappa shape index (κ3) is 3.57. The minimum absolute atomic E-state index is 0.0343. The molecule has 0 aromatic rings. The molecule has 0 radical (unpaired) electrons. The summed E-state index contributed by atoms with van der Waals surface area (Å²) in [5.74, 6) is 0.844. The summed E-state index contributed by atoms with van der Waals surface area (Å²) in [6.07, 6.45) is -0.231. The highest BCUT2D eigenvalue weighted by atomic mass is 16.5. The Bertz CT molecular complexity index is 294. The minimum atomic E-state index is -1.06. The topological polar surface area (TPSA) is 87.8 Å². The third-order valence-electron chi connectivity index (χ3n) is 3.61. The molecule has 1 aliphatic heterocycles. The van der Waals surface area contributed by atoms with Gasteiger partial charge in [0.05, 0.1) is 12.6 Å². The standard InChI is InChI=1S/C12H25N3O3/c1-8(2)9(6-13)5-10-7-18-12(3,4)15(10)14-11(16)17/h8-10,14H,5-7,13H2,1-4H3,(H,16,17)/t9-,10+/m1/s1. The molecule has 18 heavy (non-hydrogen) atoms. The quantitative estimate of drug-likeness (QED) is 0.691. The Morgan fingerprint density at radius 1 is 1.61 bits per heavy atom. The second-order valence-corrected chi connectivity index (χ2v) is 5.67. The smallest absolute Gasteiger partial charge is 0.419 e. The van der Waals surface area contributed by atoms with E-state index in [4.69, 9.17) is 15.6 Å². The molecule has 4 N–H and O–H groups in total. The zero-order chi connectivity index (χ0) is 13.9. The van der Waals surface area contributed by atoms with Crippen molar-refractivity contribution in [2.45, 2.75) is 45.9 Å². The molecule has 1 saturated heterocycles. The number of ether oxygens (including phenoxy) is 1. The Morgan fingerprint density at radius 3 is 2.67 bits per heavy atom. The summed E-state index contributed by atoms with van der Waals surface area (Å²) in [5, 5.41) is 10.6. The van der Waals surface area contributed by atoms with E-state index in [-0.39, 0.29) is 6.04 Å². The second kappa shape index (κ2) is 5.86. The molecule has 1 heterocycles. The normalized spacial score (nSPS) is 25.3. The van der Waals surface area contributed by atoms with Crippen LogP contribution in [-0.2, 0) is 4.74 Å². The van der Waals surface area contributed by atoms with Crippen LogP contribution in [0.5, 0.6) is 0 Å². The van der Waals surface area contributed by atoms with Gasteiger partial charge in [0, 0.05) is 0 Å². The molecule has 0 unspecified atom stereocenters. The maximum Gasteiger partial charge on any atom is 0.419 e. The van der Waals surface area contributed by atoms with Gasteiger partial charge in [0.15, 0.2) is 0 Å². The first-order valence-corrected chi connectivity index (χ1v) is 6.41.